The molecule has 0 aliphatic carbocycles. The Hall–Kier alpha value is -2.82. The first-order valence-corrected chi connectivity index (χ1v) is 12.4. The van der Waals surface area contributed by atoms with Crippen molar-refractivity contribution in [2.24, 2.45) is 0 Å². The van der Waals surface area contributed by atoms with Crippen LogP contribution in [0.2, 0.25) is 5.02 Å². The highest BCUT2D eigenvalue weighted by Crippen LogP contribution is 2.34. The molecule has 3 rings (SSSR count). The van der Waals surface area contributed by atoms with Crippen molar-refractivity contribution in [3.63, 3.8) is 0 Å². The van der Waals surface area contributed by atoms with Crippen LogP contribution in [0.25, 0.3) is 0 Å². The lowest BCUT2D eigenvalue weighted by molar-refractivity contribution is 0.0192. The minimum atomic E-state index is -4.14. The minimum absolute atomic E-state index is 0.0224. The normalized spacial score (nSPS) is 15.1. The molecule has 11 heteroatoms. The van der Waals surface area contributed by atoms with E-state index in [-0.39, 0.29) is 42.4 Å². The Balaban J connectivity index is 1.88. The number of nitrogens with zero attached hydrogens (tertiary/aromatic N) is 2. The molecule has 2 aromatic carbocycles. The van der Waals surface area contributed by atoms with Crippen LogP contribution < -0.4 is 4.74 Å². The van der Waals surface area contributed by atoms with Crippen LogP contribution in [0.3, 0.4) is 0 Å². The van der Waals surface area contributed by atoms with Crippen molar-refractivity contribution in [1.82, 2.24) is 9.21 Å². The second kappa shape index (κ2) is 9.81. The highest BCUT2D eigenvalue weighted by Gasteiger charge is 2.34. The Morgan fingerprint density at radius 3 is 2.24 bits per heavy atom. The third-order valence-corrected chi connectivity index (χ3v) is 7.08. The maximum Gasteiger partial charge on any atom is 0.410 e. The average molecular weight is 511 g/mol. The number of carboxylic acid groups (broad SMARTS) is 1. The van der Waals surface area contributed by atoms with E-state index in [0.717, 1.165) is 11.6 Å². The van der Waals surface area contributed by atoms with Crippen LogP contribution in [0.15, 0.2) is 41.3 Å². The average Bonchev–Trinajstić information content (AvgIpc) is 2.72. The van der Waals surface area contributed by atoms with Gasteiger partial charge >= 0.3 is 12.1 Å². The van der Waals surface area contributed by atoms with Gasteiger partial charge in [-0.15, -0.1) is 0 Å². The van der Waals surface area contributed by atoms with Gasteiger partial charge in [0.15, 0.2) is 0 Å². The molecule has 1 aliphatic heterocycles. The number of aromatic carboxylic acids is 1. The molecule has 0 atom stereocenters. The van der Waals surface area contributed by atoms with Crippen molar-refractivity contribution < 1.29 is 32.6 Å². The van der Waals surface area contributed by atoms with Crippen molar-refractivity contribution in [3.05, 3.63) is 52.5 Å². The van der Waals surface area contributed by atoms with Crippen molar-refractivity contribution >= 4 is 33.7 Å². The molecule has 9 nitrogen and oxygen atoms in total. The number of ether oxygens (including phenoxy) is 2. The molecular formula is C23H27ClN2O7S. The molecular weight excluding hydrogens is 484 g/mol. The molecule has 0 unspecified atom stereocenters. The summed E-state index contributed by atoms with van der Waals surface area (Å²) in [5.74, 6) is -0.975. The first kappa shape index (κ1) is 25.8. The van der Waals surface area contributed by atoms with E-state index in [2.05, 4.69) is 0 Å². The number of carbonyl (C=O) groups excluding carboxylic acids is 1. The van der Waals surface area contributed by atoms with E-state index in [1.54, 1.807) is 32.9 Å². The monoisotopic (exact) mass is 510 g/mol. The first-order valence-electron chi connectivity index (χ1n) is 10.6. The minimum Gasteiger partial charge on any atom is -0.478 e. The van der Waals surface area contributed by atoms with Gasteiger partial charge in [0.1, 0.15) is 22.0 Å². The molecule has 1 heterocycles. The summed E-state index contributed by atoms with van der Waals surface area (Å²) in [6.07, 6.45) is -0.516. The lowest BCUT2D eigenvalue weighted by atomic mass is 10.2. The van der Waals surface area contributed by atoms with E-state index in [4.69, 9.17) is 21.1 Å². The molecule has 1 fully saturated rings. The fourth-order valence-corrected chi connectivity index (χ4v) is 5.23. The number of hydrogen-bond donors (Lipinski definition) is 1. The second-order valence-corrected chi connectivity index (χ2v) is 11.2. The van der Waals surface area contributed by atoms with E-state index in [9.17, 15) is 23.1 Å². The molecule has 34 heavy (non-hydrogen) atoms. The molecule has 0 spiro atoms. The predicted molar refractivity (Wildman–Crippen MR) is 126 cm³/mol. The van der Waals surface area contributed by atoms with E-state index >= 15 is 0 Å². The van der Waals surface area contributed by atoms with Gasteiger partial charge in [-0.3, -0.25) is 0 Å². The smallest absolute Gasteiger partial charge is 0.410 e. The van der Waals surface area contributed by atoms with Gasteiger partial charge in [0.2, 0.25) is 10.0 Å². The van der Waals surface area contributed by atoms with Gasteiger partial charge in [-0.2, -0.15) is 4.31 Å². The van der Waals surface area contributed by atoms with Crippen molar-refractivity contribution in [1.29, 1.82) is 0 Å². The van der Waals surface area contributed by atoms with Crippen LogP contribution >= 0.6 is 11.6 Å². The zero-order valence-corrected chi connectivity index (χ0v) is 20.9. The Labute approximate surface area is 203 Å². The maximum atomic E-state index is 13.5. The summed E-state index contributed by atoms with van der Waals surface area (Å²) in [5, 5.41) is 9.82. The van der Waals surface area contributed by atoms with Crippen molar-refractivity contribution in [2.45, 2.75) is 38.2 Å². The van der Waals surface area contributed by atoms with E-state index in [1.165, 1.54) is 27.4 Å². The maximum absolute atomic E-state index is 13.5. The zero-order chi connectivity index (χ0) is 25.3. The number of halogens is 1. The Bertz CT molecular complexity index is 1180. The van der Waals surface area contributed by atoms with E-state index in [1.807, 2.05) is 6.92 Å². The quantitative estimate of drug-likeness (QED) is 0.634. The summed E-state index contributed by atoms with van der Waals surface area (Å²) in [6.45, 7) is 7.39. The number of benzene rings is 2. The van der Waals surface area contributed by atoms with Gasteiger partial charge in [-0.05, 0) is 69.7 Å². The highest BCUT2D eigenvalue weighted by atomic mass is 35.5. The third kappa shape index (κ3) is 6.19. The van der Waals surface area contributed by atoms with Gasteiger partial charge in [-0.1, -0.05) is 11.6 Å². The summed E-state index contributed by atoms with van der Waals surface area (Å²) in [6, 6.07) is 8.61. The van der Waals surface area contributed by atoms with Crippen molar-refractivity contribution in [2.75, 3.05) is 26.2 Å². The summed E-state index contributed by atoms with van der Waals surface area (Å²) in [5.41, 5.74) is -0.0457. The molecule has 0 saturated carbocycles. The molecule has 1 saturated heterocycles. The number of sulfonamides is 1. The molecule has 1 N–H and O–H groups in total. The van der Waals surface area contributed by atoms with Gasteiger partial charge in [0.05, 0.1) is 5.56 Å². The van der Waals surface area contributed by atoms with Gasteiger partial charge < -0.3 is 19.5 Å². The first-order chi connectivity index (χ1) is 15.8. The van der Waals surface area contributed by atoms with Gasteiger partial charge in [0.25, 0.3) is 0 Å². The number of carbonyl (C=O) groups is 2. The van der Waals surface area contributed by atoms with Crippen LogP contribution in [-0.2, 0) is 14.8 Å². The number of carboxylic acids is 1. The molecule has 0 aromatic heterocycles. The fourth-order valence-electron chi connectivity index (χ4n) is 3.39. The summed E-state index contributed by atoms with van der Waals surface area (Å²) >= 11 is 6.09. The standard InChI is InChI=1S/C23H27ClN2O7S/c1-15-11-17(24)14-18(12-15)32-19-6-5-16(21(27)28)13-20(19)34(30,31)26-9-7-25(8-10-26)22(29)33-23(2,3)4/h5-6,11-14H,7-10H2,1-4H3,(H,27,28). The summed E-state index contributed by atoms with van der Waals surface area (Å²) in [7, 11) is -4.14. The number of amides is 1. The molecule has 0 bridgehead atoms. The predicted octanol–water partition coefficient (Wildman–Crippen LogP) is 4.38. The summed E-state index contributed by atoms with van der Waals surface area (Å²) < 4.78 is 39.4. The fraction of sp³-hybridized carbons (Fsp3) is 0.391. The lowest BCUT2D eigenvalue weighted by Gasteiger charge is -2.35. The highest BCUT2D eigenvalue weighted by molar-refractivity contribution is 7.89. The zero-order valence-electron chi connectivity index (χ0n) is 19.4. The molecule has 0 radical (unpaired) electrons. The van der Waals surface area contributed by atoms with Crippen LogP contribution in [0.4, 0.5) is 4.79 Å². The third-order valence-electron chi connectivity index (χ3n) is 4.94. The second-order valence-electron chi connectivity index (χ2n) is 8.90. The Morgan fingerprint density at radius 1 is 1.03 bits per heavy atom. The van der Waals surface area contributed by atoms with Crippen LogP contribution in [-0.4, -0.2) is 66.6 Å². The molecule has 2 aromatic rings. The lowest BCUT2D eigenvalue weighted by Crippen LogP contribution is -2.51. The van der Waals surface area contributed by atoms with E-state index in [0.29, 0.717) is 10.8 Å². The SMILES string of the molecule is Cc1cc(Cl)cc(Oc2ccc(C(=O)O)cc2S(=O)(=O)N2CCN(C(=O)OC(C)(C)C)CC2)c1. The van der Waals surface area contributed by atoms with Crippen molar-refractivity contribution in [3.8, 4) is 11.5 Å². The number of rotatable bonds is 5. The number of piperazine rings is 1. The van der Waals surface area contributed by atoms with Crippen LogP contribution in [0.1, 0.15) is 36.7 Å². The topological polar surface area (TPSA) is 113 Å². The van der Waals surface area contributed by atoms with Crippen LogP contribution in [0.5, 0.6) is 11.5 Å². The Morgan fingerprint density at radius 2 is 1.68 bits per heavy atom. The van der Waals surface area contributed by atoms with E-state index < -0.39 is 27.7 Å². The summed E-state index contributed by atoms with van der Waals surface area (Å²) in [4.78, 5) is 25.0. The van der Waals surface area contributed by atoms with Crippen LogP contribution in [0, 0.1) is 6.92 Å². The number of aryl methyl sites for hydroxylation is 1. The number of hydrogen-bond acceptors (Lipinski definition) is 6. The molecule has 1 amide bonds. The molecule has 184 valence electrons. The molecule has 1 aliphatic rings. The van der Waals surface area contributed by atoms with Gasteiger partial charge in [-0.25, -0.2) is 18.0 Å². The largest absolute Gasteiger partial charge is 0.478 e. The van der Waals surface area contributed by atoms with Gasteiger partial charge in [0, 0.05) is 31.2 Å². The Kier molecular flexibility index (Phi) is 7.44.